The van der Waals surface area contributed by atoms with Crippen molar-refractivity contribution in [2.24, 2.45) is 0 Å². The Bertz CT molecular complexity index is 1100. The van der Waals surface area contributed by atoms with E-state index in [4.69, 9.17) is 23.2 Å². The van der Waals surface area contributed by atoms with Gasteiger partial charge < -0.3 is 5.32 Å². The number of carbonyl (C=O) groups is 1. The molecule has 3 rings (SSSR count). The first kappa shape index (κ1) is 19.2. The zero-order valence-electron chi connectivity index (χ0n) is 13.3. The number of benzene rings is 2. The molecule has 0 spiro atoms. The molecule has 0 fully saturated rings. The third kappa shape index (κ3) is 4.06. The van der Waals surface area contributed by atoms with E-state index in [-0.39, 0.29) is 10.4 Å². The molecular formula is C17H10Cl2F3N3O2. The molecule has 0 saturated carbocycles. The summed E-state index contributed by atoms with van der Waals surface area (Å²) < 4.78 is 40.3. The summed E-state index contributed by atoms with van der Waals surface area (Å²) in [7, 11) is 0. The van der Waals surface area contributed by atoms with Gasteiger partial charge in [-0.15, -0.1) is 0 Å². The van der Waals surface area contributed by atoms with Gasteiger partial charge in [0.1, 0.15) is 6.54 Å². The van der Waals surface area contributed by atoms with E-state index in [1.807, 2.05) is 0 Å². The van der Waals surface area contributed by atoms with Crippen molar-refractivity contribution in [1.29, 1.82) is 0 Å². The Kier molecular flexibility index (Phi) is 5.12. The number of anilines is 1. The molecule has 0 atom stereocenters. The van der Waals surface area contributed by atoms with Crippen LogP contribution < -0.4 is 10.9 Å². The van der Waals surface area contributed by atoms with Crippen molar-refractivity contribution in [2.45, 2.75) is 12.7 Å². The largest absolute Gasteiger partial charge is 0.418 e. The highest BCUT2D eigenvalue weighted by atomic mass is 35.5. The number of carbonyl (C=O) groups excluding carboxylic acids is 1. The van der Waals surface area contributed by atoms with Crippen molar-refractivity contribution in [1.82, 2.24) is 9.55 Å². The first-order valence-electron chi connectivity index (χ1n) is 7.47. The number of amides is 1. The van der Waals surface area contributed by atoms with Gasteiger partial charge >= 0.3 is 6.18 Å². The van der Waals surface area contributed by atoms with Crippen LogP contribution in [0.3, 0.4) is 0 Å². The molecule has 0 radical (unpaired) electrons. The van der Waals surface area contributed by atoms with Crippen LogP contribution in [-0.4, -0.2) is 15.5 Å². The highest BCUT2D eigenvalue weighted by Crippen LogP contribution is 2.38. The van der Waals surface area contributed by atoms with Gasteiger partial charge in [-0.05, 0) is 30.3 Å². The van der Waals surface area contributed by atoms with Gasteiger partial charge in [-0.3, -0.25) is 14.2 Å². The SMILES string of the molecule is O=C(Cn1cnc2ccc(Cl)cc2c1=O)Nc1c(Cl)cccc1C(F)(F)F. The molecule has 5 nitrogen and oxygen atoms in total. The van der Waals surface area contributed by atoms with Gasteiger partial charge in [-0.1, -0.05) is 29.3 Å². The first-order valence-corrected chi connectivity index (χ1v) is 8.22. The van der Waals surface area contributed by atoms with E-state index in [9.17, 15) is 22.8 Å². The van der Waals surface area contributed by atoms with Crippen molar-refractivity contribution in [2.75, 3.05) is 5.32 Å². The molecule has 27 heavy (non-hydrogen) atoms. The topological polar surface area (TPSA) is 64.0 Å². The van der Waals surface area contributed by atoms with Crippen LogP contribution >= 0.6 is 23.2 Å². The van der Waals surface area contributed by atoms with Crippen LogP contribution in [0.4, 0.5) is 18.9 Å². The molecule has 0 aliphatic rings. The van der Waals surface area contributed by atoms with Crippen LogP contribution in [0.1, 0.15) is 5.56 Å². The number of alkyl halides is 3. The zero-order chi connectivity index (χ0) is 19.8. The summed E-state index contributed by atoms with van der Waals surface area (Å²) in [5.74, 6) is -0.862. The summed E-state index contributed by atoms with van der Waals surface area (Å²) >= 11 is 11.7. The Morgan fingerprint density at radius 3 is 2.63 bits per heavy atom. The molecule has 0 bridgehead atoms. The normalized spacial score (nSPS) is 11.6. The molecule has 3 aromatic rings. The smallest absolute Gasteiger partial charge is 0.323 e. The number of hydrogen-bond donors (Lipinski definition) is 1. The Morgan fingerprint density at radius 2 is 1.93 bits per heavy atom. The lowest BCUT2D eigenvalue weighted by Gasteiger charge is -2.15. The fourth-order valence-electron chi connectivity index (χ4n) is 2.46. The Hall–Kier alpha value is -2.58. The molecule has 140 valence electrons. The van der Waals surface area contributed by atoms with Crippen LogP contribution in [0.5, 0.6) is 0 Å². The van der Waals surface area contributed by atoms with Crippen molar-refractivity contribution in [3.8, 4) is 0 Å². The molecular weight excluding hydrogens is 406 g/mol. The standard InChI is InChI=1S/C17H10Cl2F3N3O2/c18-9-4-5-13-10(6-9)16(27)25(8-23-13)7-14(26)24-15-11(17(20,21)22)2-1-3-12(15)19/h1-6,8H,7H2,(H,24,26). The van der Waals surface area contributed by atoms with E-state index in [1.165, 1.54) is 12.1 Å². The minimum atomic E-state index is -4.70. The van der Waals surface area contributed by atoms with Gasteiger partial charge in [-0.25, -0.2) is 4.98 Å². The second kappa shape index (κ2) is 7.21. The number of para-hydroxylation sites is 1. The summed E-state index contributed by atoms with van der Waals surface area (Å²) in [5, 5.41) is 2.35. The van der Waals surface area contributed by atoms with Crippen LogP contribution in [0.2, 0.25) is 10.0 Å². The first-order chi connectivity index (χ1) is 12.7. The number of nitrogens with one attached hydrogen (secondary N) is 1. The summed E-state index contributed by atoms with van der Waals surface area (Å²) in [6.45, 7) is -0.545. The lowest BCUT2D eigenvalue weighted by Crippen LogP contribution is -2.28. The Morgan fingerprint density at radius 1 is 1.19 bits per heavy atom. The van der Waals surface area contributed by atoms with Gasteiger partial charge in [-0.2, -0.15) is 13.2 Å². The number of aromatic nitrogens is 2. The maximum absolute atomic E-state index is 13.1. The van der Waals surface area contributed by atoms with E-state index < -0.39 is 35.4 Å². The van der Waals surface area contributed by atoms with Crippen LogP contribution in [-0.2, 0) is 17.5 Å². The third-order valence-electron chi connectivity index (χ3n) is 3.68. The molecule has 1 aromatic heterocycles. The van der Waals surface area contributed by atoms with E-state index in [0.717, 1.165) is 23.0 Å². The molecule has 0 aliphatic heterocycles. The second-order valence-corrected chi connectivity index (χ2v) is 6.39. The minimum Gasteiger partial charge on any atom is -0.323 e. The summed E-state index contributed by atoms with van der Waals surface area (Å²) in [4.78, 5) is 28.7. The number of rotatable bonds is 3. The maximum atomic E-state index is 13.1. The summed E-state index contributed by atoms with van der Waals surface area (Å²) in [6.07, 6.45) is -3.57. The Balaban J connectivity index is 1.91. The average Bonchev–Trinajstić information content (AvgIpc) is 2.58. The van der Waals surface area contributed by atoms with Gasteiger partial charge in [0, 0.05) is 5.02 Å². The van der Waals surface area contributed by atoms with Crippen LogP contribution in [0.15, 0.2) is 47.5 Å². The van der Waals surface area contributed by atoms with Crippen molar-refractivity contribution in [3.05, 3.63) is 68.7 Å². The lowest BCUT2D eigenvalue weighted by molar-refractivity contribution is -0.137. The van der Waals surface area contributed by atoms with Gasteiger partial charge in [0.15, 0.2) is 0 Å². The Labute approximate surface area is 160 Å². The van der Waals surface area contributed by atoms with E-state index in [2.05, 4.69) is 10.3 Å². The molecule has 0 unspecified atom stereocenters. The monoisotopic (exact) mass is 415 g/mol. The summed E-state index contributed by atoms with van der Waals surface area (Å²) in [6, 6.07) is 7.65. The number of hydrogen-bond acceptors (Lipinski definition) is 3. The zero-order valence-corrected chi connectivity index (χ0v) is 14.9. The van der Waals surface area contributed by atoms with Gasteiger partial charge in [0.05, 0.1) is 33.5 Å². The average molecular weight is 416 g/mol. The third-order valence-corrected chi connectivity index (χ3v) is 4.23. The molecule has 0 aliphatic carbocycles. The molecule has 10 heteroatoms. The fraction of sp³-hybridized carbons (Fsp3) is 0.118. The highest BCUT2D eigenvalue weighted by Gasteiger charge is 2.34. The van der Waals surface area contributed by atoms with E-state index >= 15 is 0 Å². The van der Waals surface area contributed by atoms with Crippen molar-refractivity contribution >= 4 is 45.7 Å². The number of fused-ring (bicyclic) bond motifs is 1. The molecule has 0 saturated heterocycles. The van der Waals surface area contributed by atoms with Crippen molar-refractivity contribution < 1.29 is 18.0 Å². The highest BCUT2D eigenvalue weighted by molar-refractivity contribution is 6.34. The van der Waals surface area contributed by atoms with Crippen molar-refractivity contribution in [3.63, 3.8) is 0 Å². The predicted octanol–water partition coefficient (Wildman–Crippen LogP) is 4.36. The minimum absolute atomic E-state index is 0.187. The van der Waals surface area contributed by atoms with E-state index in [1.54, 1.807) is 12.1 Å². The van der Waals surface area contributed by atoms with E-state index in [0.29, 0.717) is 10.5 Å². The molecule has 1 heterocycles. The number of nitrogens with zero attached hydrogens (tertiary/aromatic N) is 2. The second-order valence-electron chi connectivity index (χ2n) is 5.55. The molecule has 1 N–H and O–H groups in total. The lowest BCUT2D eigenvalue weighted by atomic mass is 10.1. The van der Waals surface area contributed by atoms with Gasteiger partial charge in [0.2, 0.25) is 5.91 Å². The quantitative estimate of drug-likeness (QED) is 0.690. The number of halogens is 5. The fourth-order valence-corrected chi connectivity index (χ4v) is 2.86. The predicted molar refractivity (Wildman–Crippen MR) is 96.1 cm³/mol. The van der Waals surface area contributed by atoms with Crippen LogP contribution in [0.25, 0.3) is 10.9 Å². The summed E-state index contributed by atoms with van der Waals surface area (Å²) in [5.41, 5.74) is -1.82. The van der Waals surface area contributed by atoms with Crippen LogP contribution in [0, 0.1) is 0 Å². The molecule has 2 aromatic carbocycles. The maximum Gasteiger partial charge on any atom is 0.418 e. The molecule has 1 amide bonds. The van der Waals surface area contributed by atoms with Gasteiger partial charge in [0.25, 0.3) is 5.56 Å².